The van der Waals surface area contributed by atoms with Gasteiger partial charge >= 0.3 is 0 Å². The highest BCUT2D eigenvalue weighted by Crippen LogP contribution is 2.49. The fourth-order valence-electron chi connectivity index (χ4n) is 4.98. The quantitative estimate of drug-likeness (QED) is 0.259. The van der Waals surface area contributed by atoms with Gasteiger partial charge in [0.15, 0.2) is 5.96 Å². The van der Waals surface area contributed by atoms with Gasteiger partial charge in [-0.3, -0.25) is 4.99 Å². The minimum Gasteiger partial charge on any atom is -0.382 e. The summed E-state index contributed by atoms with van der Waals surface area (Å²) >= 11 is 0. The Kier molecular flexibility index (Phi) is 9.27. The molecule has 0 aromatic rings. The molecule has 1 aliphatic heterocycles. The normalized spacial score (nSPS) is 31.4. The van der Waals surface area contributed by atoms with Crippen LogP contribution in [0.1, 0.15) is 38.5 Å². The van der Waals surface area contributed by atoms with Crippen LogP contribution in [0.2, 0.25) is 0 Å². The number of nitrogens with one attached hydrogen (secondary N) is 1. The smallest absolute Gasteiger partial charge is 0.193 e. The molecule has 1 saturated heterocycles. The van der Waals surface area contributed by atoms with Crippen LogP contribution in [0, 0.1) is 23.7 Å². The van der Waals surface area contributed by atoms with Gasteiger partial charge in [0.05, 0.1) is 19.8 Å². The van der Waals surface area contributed by atoms with Crippen molar-refractivity contribution in [2.45, 2.75) is 38.5 Å². The van der Waals surface area contributed by atoms with Gasteiger partial charge in [-0.15, -0.1) is 24.0 Å². The first-order valence-corrected chi connectivity index (χ1v) is 9.82. The monoisotopic (exact) mass is 465 g/mol. The molecule has 0 amide bonds. The van der Waals surface area contributed by atoms with Crippen molar-refractivity contribution in [3.63, 3.8) is 0 Å². The Labute approximate surface area is 170 Å². The van der Waals surface area contributed by atoms with E-state index in [-0.39, 0.29) is 24.0 Å². The number of halogens is 1. The van der Waals surface area contributed by atoms with Crippen molar-refractivity contribution in [3.05, 3.63) is 0 Å². The van der Waals surface area contributed by atoms with Crippen LogP contribution in [0.4, 0.5) is 0 Å². The number of aliphatic imine (C=N–C) groups is 1. The van der Waals surface area contributed by atoms with Crippen LogP contribution in [0.25, 0.3) is 0 Å². The lowest BCUT2D eigenvalue weighted by Crippen LogP contribution is -2.41. The molecule has 0 aromatic heterocycles. The van der Waals surface area contributed by atoms with Crippen molar-refractivity contribution in [1.82, 2.24) is 10.2 Å². The lowest BCUT2D eigenvalue weighted by molar-refractivity contribution is 0.0536. The van der Waals surface area contributed by atoms with Crippen LogP contribution in [0.15, 0.2) is 4.99 Å². The number of hydrogen-bond donors (Lipinski definition) is 1. The first kappa shape index (κ1) is 21.2. The van der Waals surface area contributed by atoms with E-state index in [2.05, 4.69) is 15.2 Å². The van der Waals surface area contributed by atoms with Crippen LogP contribution in [-0.4, -0.2) is 64.5 Å². The SMILES string of the molecule is CN=C(NCCC1CC2CCC1C2)N1CCC(COCCOC)C1.I. The van der Waals surface area contributed by atoms with Crippen LogP contribution in [0.3, 0.4) is 0 Å². The molecule has 25 heavy (non-hydrogen) atoms. The summed E-state index contributed by atoms with van der Waals surface area (Å²) in [7, 11) is 3.62. The Bertz CT molecular complexity index is 421. The molecule has 146 valence electrons. The molecule has 4 atom stereocenters. The van der Waals surface area contributed by atoms with E-state index < -0.39 is 0 Å². The average Bonchev–Trinajstić information content (AvgIpc) is 3.32. The van der Waals surface area contributed by atoms with Crippen LogP contribution in [0.5, 0.6) is 0 Å². The highest BCUT2D eigenvalue weighted by Gasteiger charge is 2.38. The molecular weight excluding hydrogens is 429 g/mol. The zero-order valence-corrected chi connectivity index (χ0v) is 18.2. The molecule has 5 nitrogen and oxygen atoms in total. The molecule has 2 aliphatic carbocycles. The van der Waals surface area contributed by atoms with Gasteiger partial charge in [0.2, 0.25) is 0 Å². The summed E-state index contributed by atoms with van der Waals surface area (Å²) in [6.07, 6.45) is 8.49. The molecule has 1 heterocycles. The Morgan fingerprint density at radius 2 is 2.08 bits per heavy atom. The van der Waals surface area contributed by atoms with E-state index in [4.69, 9.17) is 9.47 Å². The van der Waals surface area contributed by atoms with Gasteiger partial charge in [-0.1, -0.05) is 6.42 Å². The largest absolute Gasteiger partial charge is 0.382 e. The van der Waals surface area contributed by atoms with Gasteiger partial charge in [0, 0.05) is 39.7 Å². The second-order valence-corrected chi connectivity index (χ2v) is 7.87. The fourth-order valence-corrected chi connectivity index (χ4v) is 4.98. The van der Waals surface area contributed by atoms with E-state index in [1.165, 1.54) is 38.5 Å². The molecule has 3 fully saturated rings. The standard InChI is InChI=1S/C19H35N3O2.HI/c1-20-19(21-7-5-18-12-15-3-4-17(18)11-15)22-8-6-16(13-22)14-24-10-9-23-2;/h15-18H,3-14H2,1-2H3,(H,20,21);1H. The Balaban J connectivity index is 0.00000225. The molecular formula is C19H36IN3O2. The van der Waals surface area contributed by atoms with E-state index in [0.717, 1.165) is 50.0 Å². The molecule has 3 aliphatic rings. The first-order chi connectivity index (χ1) is 11.8. The number of ether oxygens (including phenoxy) is 2. The first-order valence-electron chi connectivity index (χ1n) is 9.82. The summed E-state index contributed by atoms with van der Waals surface area (Å²) in [4.78, 5) is 6.89. The molecule has 1 N–H and O–H groups in total. The average molecular weight is 465 g/mol. The van der Waals surface area contributed by atoms with Gasteiger partial charge in [0.1, 0.15) is 0 Å². The van der Waals surface area contributed by atoms with Crippen LogP contribution in [-0.2, 0) is 9.47 Å². The molecule has 0 radical (unpaired) electrons. The fraction of sp³-hybridized carbons (Fsp3) is 0.947. The predicted octanol–water partition coefficient (Wildman–Crippen LogP) is 2.99. The summed E-state index contributed by atoms with van der Waals surface area (Å²) in [5, 5.41) is 3.61. The van der Waals surface area contributed by atoms with Gasteiger partial charge < -0.3 is 19.7 Å². The molecule has 4 unspecified atom stereocenters. The number of likely N-dealkylation sites (tertiary alicyclic amines) is 1. The highest BCUT2D eigenvalue weighted by molar-refractivity contribution is 14.0. The summed E-state index contributed by atoms with van der Waals surface area (Å²) in [5.74, 6) is 4.74. The Morgan fingerprint density at radius 1 is 1.20 bits per heavy atom. The van der Waals surface area contributed by atoms with Crippen molar-refractivity contribution in [2.24, 2.45) is 28.7 Å². The lowest BCUT2D eigenvalue weighted by Gasteiger charge is -2.25. The summed E-state index contributed by atoms with van der Waals surface area (Å²) in [6.45, 7) is 5.44. The van der Waals surface area contributed by atoms with Crippen molar-refractivity contribution in [3.8, 4) is 0 Å². The molecule has 6 heteroatoms. The molecule has 0 spiro atoms. The van der Waals surface area contributed by atoms with E-state index in [0.29, 0.717) is 19.1 Å². The second-order valence-electron chi connectivity index (χ2n) is 7.87. The number of hydrogen-bond acceptors (Lipinski definition) is 3. The number of methoxy groups -OCH3 is 1. The molecule has 2 bridgehead atoms. The summed E-state index contributed by atoms with van der Waals surface area (Å²) in [6, 6.07) is 0. The maximum absolute atomic E-state index is 5.68. The van der Waals surface area contributed by atoms with Gasteiger partial charge in [0.25, 0.3) is 0 Å². The molecule has 3 rings (SSSR count). The topological polar surface area (TPSA) is 46.1 Å². The van der Waals surface area contributed by atoms with Crippen molar-refractivity contribution in [2.75, 3.05) is 53.6 Å². The van der Waals surface area contributed by atoms with E-state index in [1.54, 1.807) is 7.11 Å². The minimum atomic E-state index is 0. The van der Waals surface area contributed by atoms with Crippen LogP contribution < -0.4 is 5.32 Å². The number of nitrogens with zero attached hydrogens (tertiary/aromatic N) is 2. The number of fused-ring (bicyclic) bond motifs is 2. The van der Waals surface area contributed by atoms with Gasteiger partial charge in [-0.2, -0.15) is 0 Å². The second kappa shape index (κ2) is 10.9. The summed E-state index contributed by atoms with van der Waals surface area (Å²) in [5.41, 5.74) is 0. The highest BCUT2D eigenvalue weighted by atomic mass is 127. The zero-order valence-electron chi connectivity index (χ0n) is 15.9. The van der Waals surface area contributed by atoms with Crippen molar-refractivity contribution >= 4 is 29.9 Å². The van der Waals surface area contributed by atoms with Crippen LogP contribution >= 0.6 is 24.0 Å². The van der Waals surface area contributed by atoms with Crippen molar-refractivity contribution < 1.29 is 9.47 Å². The third kappa shape index (κ3) is 5.96. The van der Waals surface area contributed by atoms with E-state index >= 15 is 0 Å². The third-order valence-corrected chi connectivity index (χ3v) is 6.27. The molecule has 0 aromatic carbocycles. The third-order valence-electron chi connectivity index (χ3n) is 6.27. The predicted molar refractivity (Wildman–Crippen MR) is 113 cm³/mol. The van der Waals surface area contributed by atoms with Gasteiger partial charge in [-0.25, -0.2) is 0 Å². The van der Waals surface area contributed by atoms with E-state index in [9.17, 15) is 0 Å². The maximum atomic E-state index is 5.68. The zero-order chi connectivity index (χ0) is 16.8. The number of rotatable bonds is 8. The Hall–Kier alpha value is -0.0800. The molecule has 2 saturated carbocycles. The van der Waals surface area contributed by atoms with E-state index in [1.807, 2.05) is 7.05 Å². The summed E-state index contributed by atoms with van der Waals surface area (Å²) < 4.78 is 10.7. The lowest BCUT2D eigenvalue weighted by atomic mass is 9.86. The van der Waals surface area contributed by atoms with Crippen molar-refractivity contribution in [1.29, 1.82) is 0 Å². The minimum absolute atomic E-state index is 0. The maximum Gasteiger partial charge on any atom is 0.193 e. The van der Waals surface area contributed by atoms with Gasteiger partial charge in [-0.05, 0) is 49.9 Å². The number of guanidine groups is 1. The Morgan fingerprint density at radius 3 is 2.76 bits per heavy atom.